The number of rotatable bonds is 4. The van der Waals surface area contributed by atoms with E-state index < -0.39 is 82.5 Å². The maximum atomic E-state index is 13.9. The molecule has 0 unspecified atom stereocenters. The third-order valence-electron chi connectivity index (χ3n) is 4.28. The number of nitrogens with zero attached hydrogens (tertiary/aromatic N) is 2. The van der Waals surface area contributed by atoms with E-state index >= 15 is 0 Å². The zero-order valence-corrected chi connectivity index (χ0v) is 16.9. The van der Waals surface area contributed by atoms with Crippen LogP contribution >= 0.6 is 0 Å². The number of halogens is 20. The van der Waals surface area contributed by atoms with E-state index in [4.69, 9.17) is 0 Å². The zero-order chi connectivity index (χ0) is 32.1. The third kappa shape index (κ3) is 4.32. The van der Waals surface area contributed by atoms with Crippen molar-refractivity contribution in [1.82, 2.24) is 9.80 Å². The van der Waals surface area contributed by atoms with Crippen LogP contribution in [0.25, 0.3) is 0 Å². The summed E-state index contributed by atoms with van der Waals surface area (Å²) in [6.07, 6.45) is -28.2. The summed E-state index contributed by atoms with van der Waals surface area (Å²) in [5.74, 6) is -9.22. The standard InChI is InChI=1S/C12F20N2O6/c13-3(14,33-5(17,18)9(25,26)39-10(27,28)6(33,19)20)1(35)37-38-2(36)4(15,16)34-7(21,22)11(29,30)40-12(31,32)8(34,23)24. The van der Waals surface area contributed by atoms with Crippen LogP contribution in [0.2, 0.25) is 0 Å². The first-order valence-electron chi connectivity index (χ1n) is 8.42. The van der Waals surface area contributed by atoms with Crippen molar-refractivity contribution in [2.75, 3.05) is 0 Å². The van der Waals surface area contributed by atoms with Crippen molar-refractivity contribution in [3.8, 4) is 0 Å². The normalized spacial score (nSPS) is 28.4. The van der Waals surface area contributed by atoms with Gasteiger partial charge in [-0.25, -0.2) is 28.8 Å². The first kappa shape index (κ1) is 33.6. The van der Waals surface area contributed by atoms with Crippen molar-refractivity contribution in [1.29, 1.82) is 0 Å². The maximum Gasteiger partial charge on any atom is 0.441 e. The molecule has 0 bridgehead atoms. The highest BCUT2D eigenvalue weighted by atomic mass is 19.4. The van der Waals surface area contributed by atoms with Crippen molar-refractivity contribution in [3.63, 3.8) is 0 Å². The first-order valence-corrected chi connectivity index (χ1v) is 8.42. The van der Waals surface area contributed by atoms with Gasteiger partial charge < -0.3 is 0 Å². The van der Waals surface area contributed by atoms with E-state index in [1.54, 1.807) is 9.47 Å². The van der Waals surface area contributed by atoms with E-state index in [-0.39, 0.29) is 0 Å². The fourth-order valence-electron chi connectivity index (χ4n) is 2.50. The van der Waals surface area contributed by atoms with Gasteiger partial charge in [0.2, 0.25) is 0 Å². The van der Waals surface area contributed by atoms with Crippen LogP contribution in [0, 0.1) is 0 Å². The number of ether oxygens (including phenoxy) is 2. The Hall–Kier alpha value is -2.62. The monoisotopic (exact) mass is 648 g/mol. The lowest BCUT2D eigenvalue weighted by Crippen LogP contribution is -2.79. The Kier molecular flexibility index (Phi) is 7.10. The fraction of sp³-hybridized carbons (Fsp3) is 0.833. The van der Waals surface area contributed by atoms with Crippen molar-refractivity contribution in [3.05, 3.63) is 0 Å². The molecule has 2 aliphatic heterocycles. The molecule has 0 amide bonds. The van der Waals surface area contributed by atoms with Gasteiger partial charge in [-0.15, -0.1) is 0 Å². The quantitative estimate of drug-likeness (QED) is 0.190. The lowest BCUT2D eigenvalue weighted by atomic mass is 10.2. The summed E-state index contributed by atoms with van der Waals surface area (Å²) in [5, 5.41) is 0. The van der Waals surface area contributed by atoms with Gasteiger partial charge in [0.15, 0.2) is 0 Å². The van der Waals surface area contributed by atoms with Gasteiger partial charge in [0.05, 0.1) is 0 Å². The highest BCUT2D eigenvalue weighted by Gasteiger charge is 2.90. The number of hydrogen-bond donors (Lipinski definition) is 0. The van der Waals surface area contributed by atoms with Gasteiger partial charge in [0.25, 0.3) is 0 Å². The highest BCUT2D eigenvalue weighted by molar-refractivity contribution is 5.80. The molecule has 0 spiro atoms. The molecule has 0 aliphatic carbocycles. The summed E-state index contributed by atoms with van der Waals surface area (Å²) in [7, 11) is 0. The van der Waals surface area contributed by atoms with Crippen LogP contribution in [-0.4, -0.2) is 82.5 Å². The molecular formula is C12F20N2O6. The van der Waals surface area contributed by atoms with Gasteiger partial charge in [-0.3, -0.25) is 0 Å². The molecule has 0 aromatic carbocycles. The van der Waals surface area contributed by atoms with Gasteiger partial charge in [0, 0.05) is 0 Å². The lowest BCUT2D eigenvalue weighted by Gasteiger charge is -2.48. The van der Waals surface area contributed by atoms with Crippen molar-refractivity contribution in [2.45, 2.75) is 60.7 Å². The molecule has 2 heterocycles. The molecule has 2 rings (SSSR count). The fourth-order valence-corrected chi connectivity index (χ4v) is 2.50. The van der Waals surface area contributed by atoms with Gasteiger partial charge in [-0.1, -0.05) is 9.80 Å². The van der Waals surface area contributed by atoms with Gasteiger partial charge in [-0.05, 0) is 0 Å². The summed E-state index contributed by atoms with van der Waals surface area (Å²) in [5.41, 5.74) is 0. The Labute approximate surface area is 200 Å². The molecule has 0 saturated carbocycles. The van der Waals surface area contributed by atoms with E-state index in [0.717, 1.165) is 0 Å². The Balaban J connectivity index is 2.44. The molecule has 28 heteroatoms. The minimum Gasteiger partial charge on any atom is -0.243 e. The SMILES string of the molecule is O=C(OOC(=O)C(F)(F)N1C(F)(F)C(F)(F)OC(F)(F)C1(F)F)C(F)(F)N1C(F)(F)C(F)(F)OC(F)(F)C1(F)F. The summed E-state index contributed by atoms with van der Waals surface area (Å²) in [4.78, 5) is 18.7. The van der Waals surface area contributed by atoms with Gasteiger partial charge in [0.1, 0.15) is 0 Å². The topological polar surface area (TPSA) is 77.5 Å². The second kappa shape index (κ2) is 8.46. The van der Waals surface area contributed by atoms with Gasteiger partial charge in [-0.2, -0.15) is 87.8 Å². The molecule has 234 valence electrons. The molecule has 2 saturated heterocycles. The Morgan fingerprint density at radius 2 is 0.625 bits per heavy atom. The van der Waals surface area contributed by atoms with Crippen molar-refractivity contribution >= 4 is 11.9 Å². The summed E-state index contributed by atoms with van der Waals surface area (Å²) < 4.78 is 271. The van der Waals surface area contributed by atoms with E-state index in [2.05, 4.69) is 9.78 Å². The summed E-state index contributed by atoms with van der Waals surface area (Å²) in [6, 6.07) is -44.4. The molecule has 2 fully saturated rings. The van der Waals surface area contributed by atoms with E-state index in [1.807, 2.05) is 0 Å². The minimum atomic E-state index is -7.40. The molecule has 0 atom stereocenters. The Morgan fingerprint density at radius 3 is 0.800 bits per heavy atom. The smallest absolute Gasteiger partial charge is 0.243 e. The van der Waals surface area contributed by atoms with Crippen LogP contribution < -0.4 is 0 Å². The number of carbonyl (C=O) groups is 2. The van der Waals surface area contributed by atoms with Crippen LogP contribution in [0.1, 0.15) is 0 Å². The predicted molar refractivity (Wildman–Crippen MR) is 67.5 cm³/mol. The largest absolute Gasteiger partial charge is 0.441 e. The van der Waals surface area contributed by atoms with Crippen LogP contribution in [0.4, 0.5) is 87.8 Å². The third-order valence-corrected chi connectivity index (χ3v) is 4.28. The number of morpholine rings is 2. The minimum absolute atomic E-state index is 1.72. The van der Waals surface area contributed by atoms with Crippen molar-refractivity contribution < 1.29 is 117 Å². The van der Waals surface area contributed by atoms with E-state index in [9.17, 15) is 97.4 Å². The van der Waals surface area contributed by atoms with Crippen LogP contribution in [0.15, 0.2) is 0 Å². The molecular weight excluding hydrogens is 648 g/mol. The van der Waals surface area contributed by atoms with E-state index in [0.29, 0.717) is 0 Å². The summed E-state index contributed by atoms with van der Waals surface area (Å²) in [6.45, 7) is 0. The number of alkyl halides is 20. The van der Waals surface area contributed by atoms with E-state index in [1.165, 1.54) is 0 Å². The van der Waals surface area contributed by atoms with Crippen LogP contribution in [0.3, 0.4) is 0 Å². The maximum absolute atomic E-state index is 13.9. The summed E-state index contributed by atoms with van der Waals surface area (Å²) >= 11 is 0. The number of hydrogen-bond acceptors (Lipinski definition) is 8. The Morgan fingerprint density at radius 1 is 0.450 bits per heavy atom. The molecule has 0 radical (unpaired) electrons. The lowest BCUT2D eigenvalue weighted by molar-refractivity contribution is -0.583. The zero-order valence-electron chi connectivity index (χ0n) is 16.9. The average Bonchev–Trinajstić information content (AvgIpc) is 2.66. The molecule has 40 heavy (non-hydrogen) atoms. The second-order valence-electron chi connectivity index (χ2n) is 6.93. The average molecular weight is 648 g/mol. The Bertz CT molecular complexity index is 927. The number of carbonyl (C=O) groups excluding carboxylic acids is 2. The van der Waals surface area contributed by atoms with Crippen molar-refractivity contribution in [2.24, 2.45) is 0 Å². The predicted octanol–water partition coefficient (Wildman–Crippen LogP) is 4.58. The molecule has 8 nitrogen and oxygen atoms in total. The molecule has 0 N–H and O–H groups in total. The molecule has 2 aliphatic rings. The molecule has 0 aromatic rings. The highest BCUT2D eigenvalue weighted by Crippen LogP contribution is 2.60. The molecule has 0 aromatic heterocycles. The van der Waals surface area contributed by atoms with Crippen LogP contribution in [-0.2, 0) is 28.8 Å². The van der Waals surface area contributed by atoms with Gasteiger partial charge >= 0.3 is 72.7 Å². The first-order chi connectivity index (χ1) is 17.2. The second-order valence-corrected chi connectivity index (χ2v) is 6.93. The van der Waals surface area contributed by atoms with Crippen LogP contribution in [0.5, 0.6) is 0 Å².